The molecule has 2 atom stereocenters. The Hall–Kier alpha value is -0.980. The molecule has 1 rings (SSSR count). The number of phenols is 1. The fourth-order valence-corrected chi connectivity index (χ4v) is 3.58. The lowest BCUT2D eigenvalue weighted by molar-refractivity contribution is 0.374. The fourth-order valence-electron chi connectivity index (χ4n) is 3.58. The molecule has 1 heteroatoms. The van der Waals surface area contributed by atoms with Crippen molar-refractivity contribution >= 4 is 0 Å². The lowest BCUT2D eigenvalue weighted by atomic mass is 9.91. The molecule has 158 valence electrons. The van der Waals surface area contributed by atoms with Crippen molar-refractivity contribution < 1.29 is 5.11 Å². The molecule has 27 heavy (non-hydrogen) atoms. The average Bonchev–Trinajstić information content (AvgIpc) is 2.64. The van der Waals surface area contributed by atoms with Crippen molar-refractivity contribution in [3.8, 4) is 5.75 Å². The van der Waals surface area contributed by atoms with Crippen LogP contribution in [0, 0.1) is 25.7 Å². The Morgan fingerprint density at radius 1 is 0.778 bits per heavy atom. The normalized spacial score (nSPS) is 13.0. The molecule has 0 amide bonds. The van der Waals surface area contributed by atoms with E-state index >= 15 is 0 Å². The van der Waals surface area contributed by atoms with Crippen molar-refractivity contribution in [3.63, 3.8) is 0 Å². The predicted molar refractivity (Wildman–Crippen MR) is 123 cm³/mol. The van der Waals surface area contributed by atoms with Crippen LogP contribution in [0.5, 0.6) is 5.75 Å². The summed E-state index contributed by atoms with van der Waals surface area (Å²) in [6.07, 6.45) is 17.3. The van der Waals surface area contributed by atoms with Gasteiger partial charge in [0.2, 0.25) is 0 Å². The monoisotopic (exact) mass is 376 g/mol. The van der Waals surface area contributed by atoms with Gasteiger partial charge in [-0.1, -0.05) is 116 Å². The Morgan fingerprint density at radius 2 is 1.33 bits per heavy atom. The van der Waals surface area contributed by atoms with Crippen LogP contribution >= 0.6 is 0 Å². The van der Waals surface area contributed by atoms with Crippen LogP contribution in [-0.2, 0) is 0 Å². The number of rotatable bonds is 13. The first-order valence-corrected chi connectivity index (χ1v) is 11.7. The van der Waals surface area contributed by atoms with Gasteiger partial charge in [-0.05, 0) is 43.7 Å². The van der Waals surface area contributed by atoms with Gasteiger partial charge in [-0.3, -0.25) is 0 Å². The Kier molecular flexibility index (Phi) is 16.5. The van der Waals surface area contributed by atoms with E-state index in [2.05, 4.69) is 27.7 Å². The minimum absolute atomic E-state index is 0.376. The maximum absolute atomic E-state index is 9.04. The van der Waals surface area contributed by atoms with Crippen LogP contribution < -0.4 is 0 Å². The molecule has 0 aliphatic heterocycles. The summed E-state index contributed by atoms with van der Waals surface area (Å²) in [6, 6.07) is 5.56. The smallest absolute Gasteiger partial charge is 0.118 e. The van der Waals surface area contributed by atoms with Crippen LogP contribution in [0.15, 0.2) is 18.2 Å². The van der Waals surface area contributed by atoms with Crippen LogP contribution in [0.2, 0.25) is 0 Å². The summed E-state index contributed by atoms with van der Waals surface area (Å²) < 4.78 is 0. The summed E-state index contributed by atoms with van der Waals surface area (Å²) in [4.78, 5) is 0. The van der Waals surface area contributed by atoms with Crippen LogP contribution in [0.25, 0.3) is 0 Å². The maximum atomic E-state index is 9.04. The van der Waals surface area contributed by atoms with Gasteiger partial charge in [0, 0.05) is 0 Å². The van der Waals surface area contributed by atoms with Gasteiger partial charge >= 0.3 is 0 Å². The highest BCUT2D eigenvalue weighted by atomic mass is 16.3. The van der Waals surface area contributed by atoms with Crippen molar-refractivity contribution in [2.24, 2.45) is 11.8 Å². The SMILES string of the molecule is CCCCCCCCCCCC(C)CC(C)CC.Cc1ccc(O)c(C)c1. The fraction of sp³-hybridized carbons (Fsp3) is 0.769. The lowest BCUT2D eigenvalue weighted by Gasteiger charge is -2.15. The molecular formula is C26H48O. The first kappa shape index (κ1) is 26.0. The number of phenolic OH excluding ortho intramolecular Hbond substituents is 1. The Labute approximate surface area is 171 Å². The summed E-state index contributed by atoms with van der Waals surface area (Å²) in [7, 11) is 0. The third-order valence-electron chi connectivity index (χ3n) is 5.65. The zero-order valence-electron chi connectivity index (χ0n) is 19.3. The second-order valence-corrected chi connectivity index (χ2v) is 8.76. The second kappa shape index (κ2) is 17.1. The van der Waals surface area contributed by atoms with Gasteiger partial charge < -0.3 is 5.11 Å². The Balaban J connectivity index is 0.000000621. The molecule has 0 saturated carbocycles. The molecule has 0 spiro atoms. The van der Waals surface area contributed by atoms with Gasteiger partial charge in [0.05, 0.1) is 0 Å². The lowest BCUT2D eigenvalue weighted by Crippen LogP contribution is -2.02. The summed E-state index contributed by atoms with van der Waals surface area (Å²) in [6.45, 7) is 13.3. The minimum Gasteiger partial charge on any atom is -0.508 e. The van der Waals surface area contributed by atoms with Crippen molar-refractivity contribution in [1.29, 1.82) is 0 Å². The highest BCUT2D eigenvalue weighted by molar-refractivity contribution is 5.34. The number of hydrogen-bond acceptors (Lipinski definition) is 1. The van der Waals surface area contributed by atoms with E-state index in [4.69, 9.17) is 5.11 Å². The topological polar surface area (TPSA) is 20.2 Å². The summed E-state index contributed by atoms with van der Waals surface area (Å²) >= 11 is 0. The van der Waals surface area contributed by atoms with Crippen molar-refractivity contribution in [3.05, 3.63) is 29.3 Å². The van der Waals surface area contributed by atoms with E-state index in [1.54, 1.807) is 6.07 Å². The molecule has 2 unspecified atom stereocenters. The molecule has 1 aromatic carbocycles. The molecule has 0 fully saturated rings. The summed E-state index contributed by atoms with van der Waals surface area (Å²) in [5.74, 6) is 2.25. The van der Waals surface area contributed by atoms with Crippen molar-refractivity contribution in [1.82, 2.24) is 0 Å². The summed E-state index contributed by atoms with van der Waals surface area (Å²) in [5, 5.41) is 9.04. The van der Waals surface area contributed by atoms with E-state index in [9.17, 15) is 0 Å². The number of aryl methyl sites for hydroxylation is 2. The van der Waals surface area contributed by atoms with Gasteiger partial charge in [-0.25, -0.2) is 0 Å². The summed E-state index contributed by atoms with van der Waals surface area (Å²) in [5.41, 5.74) is 2.13. The van der Waals surface area contributed by atoms with Crippen molar-refractivity contribution in [2.45, 2.75) is 119 Å². The Bertz CT molecular complexity index is 452. The third-order valence-corrected chi connectivity index (χ3v) is 5.65. The van der Waals surface area contributed by atoms with Crippen LogP contribution in [0.4, 0.5) is 0 Å². The Morgan fingerprint density at radius 3 is 1.81 bits per heavy atom. The third kappa shape index (κ3) is 15.7. The van der Waals surface area contributed by atoms with Gasteiger partial charge in [0.1, 0.15) is 5.75 Å². The average molecular weight is 377 g/mol. The van der Waals surface area contributed by atoms with E-state index in [0.29, 0.717) is 5.75 Å². The number of hydrogen-bond donors (Lipinski definition) is 1. The van der Waals surface area contributed by atoms with Crippen LogP contribution in [0.3, 0.4) is 0 Å². The quantitative estimate of drug-likeness (QED) is 0.340. The van der Waals surface area contributed by atoms with Crippen LogP contribution in [0.1, 0.15) is 116 Å². The van der Waals surface area contributed by atoms with Crippen molar-refractivity contribution in [2.75, 3.05) is 0 Å². The minimum atomic E-state index is 0.376. The van der Waals surface area contributed by atoms with E-state index < -0.39 is 0 Å². The van der Waals surface area contributed by atoms with Gasteiger partial charge in [0.15, 0.2) is 0 Å². The molecule has 0 bridgehead atoms. The molecule has 1 nitrogen and oxygen atoms in total. The number of unbranched alkanes of at least 4 members (excludes halogenated alkanes) is 8. The zero-order valence-corrected chi connectivity index (χ0v) is 19.3. The number of benzene rings is 1. The molecule has 1 aromatic rings. The molecule has 0 heterocycles. The van der Waals surface area contributed by atoms with E-state index in [1.165, 1.54) is 82.6 Å². The van der Waals surface area contributed by atoms with Gasteiger partial charge in [-0.2, -0.15) is 0 Å². The maximum Gasteiger partial charge on any atom is 0.118 e. The van der Waals surface area contributed by atoms with Gasteiger partial charge in [-0.15, -0.1) is 0 Å². The second-order valence-electron chi connectivity index (χ2n) is 8.76. The molecule has 0 aromatic heterocycles. The van der Waals surface area contributed by atoms with E-state index in [0.717, 1.165) is 17.4 Å². The molecular weight excluding hydrogens is 328 g/mol. The van der Waals surface area contributed by atoms with E-state index in [-0.39, 0.29) is 0 Å². The standard InChI is InChI=1S/C18H38.C8H10O/c1-5-7-8-9-10-11-12-13-14-15-18(4)16-17(3)6-2;1-6-3-4-8(9)7(2)5-6/h17-18H,5-16H2,1-4H3;3-5,9H,1-2H3. The molecule has 0 aliphatic carbocycles. The van der Waals surface area contributed by atoms with Gasteiger partial charge in [0.25, 0.3) is 0 Å². The molecule has 0 saturated heterocycles. The number of aromatic hydroxyl groups is 1. The highest BCUT2D eigenvalue weighted by Crippen LogP contribution is 2.20. The van der Waals surface area contributed by atoms with Crippen LogP contribution in [-0.4, -0.2) is 5.11 Å². The largest absolute Gasteiger partial charge is 0.508 e. The highest BCUT2D eigenvalue weighted by Gasteiger charge is 2.06. The predicted octanol–water partition coefficient (Wildman–Crippen LogP) is 8.99. The zero-order chi connectivity index (χ0) is 20.5. The molecule has 0 radical (unpaired) electrons. The van der Waals surface area contributed by atoms with E-state index in [1.807, 2.05) is 26.0 Å². The first-order valence-electron chi connectivity index (χ1n) is 11.7. The molecule has 1 N–H and O–H groups in total. The first-order chi connectivity index (χ1) is 12.9. The molecule has 0 aliphatic rings.